The Hall–Kier alpha value is -2.34. The summed E-state index contributed by atoms with van der Waals surface area (Å²) < 4.78 is 0. The molecule has 1 fully saturated rings. The molecular weight excluding hydrogens is 310 g/mol. The maximum absolute atomic E-state index is 12.2. The number of carbonyl (C=O) groups is 2. The maximum atomic E-state index is 12.2. The van der Waals surface area contributed by atoms with Crippen molar-refractivity contribution in [3.8, 4) is 0 Å². The topological polar surface area (TPSA) is 61.4 Å². The second kappa shape index (κ2) is 6.83. The van der Waals surface area contributed by atoms with Gasteiger partial charge in [0.05, 0.1) is 12.6 Å². The average molecular weight is 329 g/mol. The zero-order chi connectivity index (χ0) is 16.2. The number of amides is 3. The number of rotatable bonds is 4. The van der Waals surface area contributed by atoms with Gasteiger partial charge in [0.1, 0.15) is 0 Å². The highest BCUT2D eigenvalue weighted by Gasteiger charge is 2.31. The fourth-order valence-corrected chi connectivity index (χ4v) is 3.24. The molecular formula is C17H19N3O2S. The van der Waals surface area contributed by atoms with E-state index >= 15 is 0 Å². The molecule has 1 aromatic carbocycles. The Morgan fingerprint density at radius 2 is 2.09 bits per heavy atom. The first-order valence-corrected chi connectivity index (χ1v) is 8.43. The van der Waals surface area contributed by atoms with Gasteiger partial charge in [0.2, 0.25) is 5.91 Å². The lowest BCUT2D eigenvalue weighted by molar-refractivity contribution is -0.117. The van der Waals surface area contributed by atoms with Gasteiger partial charge in [-0.15, -0.1) is 11.3 Å². The number of nitrogens with one attached hydrogen (secondary N) is 2. The lowest BCUT2D eigenvalue weighted by Crippen LogP contribution is -2.43. The molecule has 120 valence electrons. The number of thiophene rings is 1. The van der Waals surface area contributed by atoms with Crippen molar-refractivity contribution in [3.63, 3.8) is 0 Å². The third kappa shape index (κ3) is 3.90. The third-order valence-corrected chi connectivity index (χ3v) is 4.69. The van der Waals surface area contributed by atoms with Gasteiger partial charge in [-0.05, 0) is 30.5 Å². The molecule has 1 saturated heterocycles. The van der Waals surface area contributed by atoms with Crippen LogP contribution in [-0.4, -0.2) is 24.5 Å². The number of hydrogen-bond acceptors (Lipinski definition) is 3. The summed E-state index contributed by atoms with van der Waals surface area (Å²) in [5, 5.41) is 7.67. The van der Waals surface area contributed by atoms with E-state index < -0.39 is 0 Å². The van der Waals surface area contributed by atoms with Crippen LogP contribution in [0.5, 0.6) is 0 Å². The summed E-state index contributed by atoms with van der Waals surface area (Å²) in [4.78, 5) is 26.9. The van der Waals surface area contributed by atoms with Crippen molar-refractivity contribution in [1.82, 2.24) is 10.6 Å². The summed E-state index contributed by atoms with van der Waals surface area (Å²) in [6.45, 7) is 3.03. The summed E-state index contributed by atoms with van der Waals surface area (Å²) in [5.74, 6) is 0.0393. The van der Waals surface area contributed by atoms with Crippen LogP contribution in [0.1, 0.15) is 16.9 Å². The summed E-state index contributed by atoms with van der Waals surface area (Å²) in [5.41, 5.74) is 2.03. The Morgan fingerprint density at radius 3 is 2.78 bits per heavy atom. The van der Waals surface area contributed by atoms with Crippen molar-refractivity contribution in [3.05, 3.63) is 52.2 Å². The molecule has 3 rings (SSSR count). The van der Waals surface area contributed by atoms with E-state index in [1.165, 1.54) is 0 Å². The van der Waals surface area contributed by atoms with Crippen LogP contribution >= 0.6 is 11.3 Å². The minimum atomic E-state index is -0.234. The van der Waals surface area contributed by atoms with Gasteiger partial charge in [-0.1, -0.05) is 23.8 Å². The van der Waals surface area contributed by atoms with E-state index in [0.717, 1.165) is 16.1 Å². The van der Waals surface area contributed by atoms with Crippen LogP contribution in [0.3, 0.4) is 0 Å². The smallest absolute Gasteiger partial charge is 0.315 e. The van der Waals surface area contributed by atoms with E-state index in [1.54, 1.807) is 16.2 Å². The number of anilines is 1. The number of carbonyl (C=O) groups excluding carboxylic acids is 2. The Kier molecular flexibility index (Phi) is 4.62. The highest BCUT2D eigenvalue weighted by molar-refractivity contribution is 7.09. The largest absolute Gasteiger partial charge is 0.333 e. The van der Waals surface area contributed by atoms with Crippen LogP contribution in [0.4, 0.5) is 10.5 Å². The predicted molar refractivity (Wildman–Crippen MR) is 91.6 cm³/mol. The molecule has 5 nitrogen and oxygen atoms in total. The molecule has 1 aliphatic heterocycles. The Balaban J connectivity index is 1.53. The van der Waals surface area contributed by atoms with Gasteiger partial charge in [-0.2, -0.15) is 0 Å². The first kappa shape index (κ1) is 15.6. The van der Waals surface area contributed by atoms with Crippen molar-refractivity contribution in [2.24, 2.45) is 0 Å². The van der Waals surface area contributed by atoms with Crippen molar-refractivity contribution in [2.75, 3.05) is 11.4 Å². The molecule has 23 heavy (non-hydrogen) atoms. The van der Waals surface area contributed by atoms with Crippen LogP contribution < -0.4 is 15.5 Å². The molecule has 0 unspecified atom stereocenters. The SMILES string of the molecule is Cc1ccc(N2C[C@@H](NC(=O)NCc3cccs3)CC2=O)cc1. The molecule has 2 N–H and O–H groups in total. The van der Waals surface area contributed by atoms with Gasteiger partial charge >= 0.3 is 6.03 Å². The Labute approximate surface area is 139 Å². The number of benzene rings is 1. The van der Waals surface area contributed by atoms with E-state index in [0.29, 0.717) is 19.5 Å². The van der Waals surface area contributed by atoms with Gasteiger partial charge in [0, 0.05) is 23.5 Å². The fraction of sp³-hybridized carbons (Fsp3) is 0.294. The van der Waals surface area contributed by atoms with Crippen LogP contribution in [0.2, 0.25) is 0 Å². The minimum absolute atomic E-state index is 0.0393. The number of urea groups is 1. The predicted octanol–water partition coefficient (Wildman–Crippen LogP) is 2.66. The number of hydrogen-bond donors (Lipinski definition) is 2. The monoisotopic (exact) mass is 329 g/mol. The number of nitrogens with zero attached hydrogens (tertiary/aromatic N) is 1. The van der Waals surface area contributed by atoms with Crippen molar-refractivity contribution in [2.45, 2.75) is 25.9 Å². The normalized spacial score (nSPS) is 17.3. The van der Waals surface area contributed by atoms with Crippen molar-refractivity contribution >= 4 is 29.0 Å². The molecule has 1 aliphatic rings. The highest BCUT2D eigenvalue weighted by Crippen LogP contribution is 2.21. The van der Waals surface area contributed by atoms with Crippen LogP contribution in [0.25, 0.3) is 0 Å². The lowest BCUT2D eigenvalue weighted by atomic mass is 10.2. The van der Waals surface area contributed by atoms with Gasteiger partial charge in [-0.25, -0.2) is 4.79 Å². The third-order valence-electron chi connectivity index (χ3n) is 3.81. The van der Waals surface area contributed by atoms with Gasteiger partial charge in [0.25, 0.3) is 0 Å². The molecule has 2 heterocycles. The molecule has 6 heteroatoms. The van der Waals surface area contributed by atoms with Crippen molar-refractivity contribution in [1.29, 1.82) is 0 Å². The van der Waals surface area contributed by atoms with E-state index in [9.17, 15) is 9.59 Å². The fourth-order valence-electron chi connectivity index (χ4n) is 2.60. The van der Waals surface area contributed by atoms with Gasteiger partial charge < -0.3 is 15.5 Å². The molecule has 3 amide bonds. The second-order valence-corrected chi connectivity index (χ2v) is 6.68. The van der Waals surface area contributed by atoms with E-state index in [4.69, 9.17) is 0 Å². The molecule has 0 aliphatic carbocycles. The molecule has 0 saturated carbocycles. The zero-order valence-electron chi connectivity index (χ0n) is 12.9. The molecule has 0 radical (unpaired) electrons. The standard InChI is InChI=1S/C17H19N3O2S/c1-12-4-6-14(7-5-12)20-11-13(9-16(20)21)19-17(22)18-10-15-3-2-8-23-15/h2-8,13H,9-11H2,1H3,(H2,18,19,22)/t13-/m0/s1. The van der Waals surface area contributed by atoms with Crippen LogP contribution in [0, 0.1) is 6.92 Å². The number of aryl methyl sites for hydroxylation is 1. The molecule has 1 aromatic heterocycles. The summed E-state index contributed by atoms with van der Waals surface area (Å²) >= 11 is 1.60. The second-order valence-electron chi connectivity index (χ2n) is 5.65. The molecule has 0 bridgehead atoms. The molecule has 2 aromatic rings. The highest BCUT2D eigenvalue weighted by atomic mass is 32.1. The minimum Gasteiger partial charge on any atom is -0.333 e. The van der Waals surface area contributed by atoms with Gasteiger partial charge in [0.15, 0.2) is 0 Å². The van der Waals surface area contributed by atoms with E-state index in [2.05, 4.69) is 10.6 Å². The summed E-state index contributed by atoms with van der Waals surface area (Å²) in [7, 11) is 0. The molecule has 1 atom stereocenters. The lowest BCUT2D eigenvalue weighted by Gasteiger charge is -2.17. The summed E-state index contributed by atoms with van der Waals surface area (Å²) in [6, 6.07) is 11.4. The summed E-state index contributed by atoms with van der Waals surface area (Å²) in [6.07, 6.45) is 0.334. The van der Waals surface area contributed by atoms with E-state index in [-0.39, 0.29) is 18.0 Å². The quantitative estimate of drug-likeness (QED) is 0.906. The van der Waals surface area contributed by atoms with Crippen LogP contribution in [-0.2, 0) is 11.3 Å². The first-order chi connectivity index (χ1) is 11.1. The Bertz CT molecular complexity index is 682. The average Bonchev–Trinajstić information content (AvgIpc) is 3.16. The molecule has 0 spiro atoms. The van der Waals surface area contributed by atoms with Crippen molar-refractivity contribution < 1.29 is 9.59 Å². The zero-order valence-corrected chi connectivity index (χ0v) is 13.7. The maximum Gasteiger partial charge on any atom is 0.315 e. The Morgan fingerprint density at radius 1 is 1.30 bits per heavy atom. The van der Waals surface area contributed by atoms with Crippen LogP contribution in [0.15, 0.2) is 41.8 Å². The first-order valence-electron chi connectivity index (χ1n) is 7.55. The van der Waals surface area contributed by atoms with E-state index in [1.807, 2.05) is 48.7 Å². The van der Waals surface area contributed by atoms with Gasteiger partial charge in [-0.3, -0.25) is 4.79 Å².